The molecular formula is C20H18ClN3O2. The molecule has 0 spiro atoms. The zero-order chi connectivity index (χ0) is 18.7. The summed E-state index contributed by atoms with van der Waals surface area (Å²) in [7, 11) is 0. The number of benzene rings is 2. The van der Waals surface area contributed by atoms with Crippen LogP contribution >= 0.6 is 11.6 Å². The molecule has 1 heterocycles. The molecule has 1 aliphatic rings. The third-order valence-corrected chi connectivity index (χ3v) is 4.82. The van der Waals surface area contributed by atoms with E-state index < -0.39 is 5.92 Å². The first-order chi connectivity index (χ1) is 12.5. The first kappa shape index (κ1) is 18.0. The van der Waals surface area contributed by atoms with Crippen molar-refractivity contribution in [2.75, 3.05) is 16.8 Å². The molecule has 6 heteroatoms. The molecule has 1 N–H and O–H groups in total. The van der Waals surface area contributed by atoms with Crippen LogP contribution in [0.1, 0.15) is 24.5 Å². The maximum absolute atomic E-state index is 12.5. The summed E-state index contributed by atoms with van der Waals surface area (Å²) < 4.78 is 0. The summed E-state index contributed by atoms with van der Waals surface area (Å²) in [5, 5.41) is 12.0. The number of anilines is 2. The lowest BCUT2D eigenvalue weighted by molar-refractivity contribution is -0.122. The summed E-state index contributed by atoms with van der Waals surface area (Å²) in [6.07, 6.45) is 1.11. The lowest BCUT2D eigenvalue weighted by Crippen LogP contribution is -2.28. The smallest absolute Gasteiger partial charge is 0.229 e. The van der Waals surface area contributed by atoms with Gasteiger partial charge >= 0.3 is 0 Å². The van der Waals surface area contributed by atoms with E-state index in [2.05, 4.69) is 12.2 Å². The number of amides is 2. The molecule has 0 aliphatic carbocycles. The first-order valence-electron chi connectivity index (χ1n) is 8.41. The summed E-state index contributed by atoms with van der Waals surface area (Å²) in [4.78, 5) is 26.5. The van der Waals surface area contributed by atoms with E-state index in [4.69, 9.17) is 16.9 Å². The number of halogens is 1. The van der Waals surface area contributed by atoms with Gasteiger partial charge in [-0.25, -0.2) is 0 Å². The summed E-state index contributed by atoms with van der Waals surface area (Å²) >= 11 is 5.99. The van der Waals surface area contributed by atoms with E-state index in [9.17, 15) is 9.59 Å². The quantitative estimate of drug-likeness (QED) is 0.894. The molecule has 1 saturated heterocycles. The van der Waals surface area contributed by atoms with E-state index in [1.54, 1.807) is 17.0 Å². The number of nitriles is 1. The van der Waals surface area contributed by atoms with Crippen LogP contribution in [0.5, 0.6) is 0 Å². The summed E-state index contributed by atoms with van der Waals surface area (Å²) in [5.74, 6) is -0.721. The molecule has 26 heavy (non-hydrogen) atoms. The van der Waals surface area contributed by atoms with E-state index in [1.807, 2.05) is 30.3 Å². The van der Waals surface area contributed by atoms with Gasteiger partial charge in [0, 0.05) is 24.3 Å². The van der Waals surface area contributed by atoms with Crippen molar-refractivity contribution in [2.45, 2.75) is 19.8 Å². The Labute approximate surface area is 157 Å². The van der Waals surface area contributed by atoms with Crippen LogP contribution in [0.3, 0.4) is 0 Å². The van der Waals surface area contributed by atoms with Gasteiger partial charge in [-0.15, -0.1) is 0 Å². The standard InChI is InChI=1S/C20H18ClN3O2/c1-2-13-3-7-17(8-4-13)24-12-15(9-19(24)25)20(26)23-16-6-5-14(11-22)18(21)10-16/h3-8,10,15H,2,9,12H2,1H3,(H,23,26). The van der Waals surface area contributed by atoms with E-state index in [1.165, 1.54) is 11.6 Å². The topological polar surface area (TPSA) is 73.2 Å². The number of nitrogens with zero attached hydrogens (tertiary/aromatic N) is 2. The number of rotatable bonds is 4. The van der Waals surface area contributed by atoms with Gasteiger partial charge in [0.1, 0.15) is 6.07 Å². The minimum absolute atomic E-state index is 0.0627. The normalized spacial score (nSPS) is 16.4. The fourth-order valence-electron chi connectivity index (χ4n) is 2.97. The van der Waals surface area contributed by atoms with Crippen LogP contribution in [0.2, 0.25) is 5.02 Å². The highest BCUT2D eigenvalue weighted by Gasteiger charge is 2.35. The number of carbonyl (C=O) groups is 2. The zero-order valence-corrected chi connectivity index (χ0v) is 15.1. The van der Waals surface area contributed by atoms with Gasteiger partial charge in [-0.1, -0.05) is 30.7 Å². The van der Waals surface area contributed by atoms with Crippen molar-refractivity contribution in [2.24, 2.45) is 5.92 Å². The Morgan fingerprint density at radius 1 is 1.31 bits per heavy atom. The van der Waals surface area contributed by atoms with Crippen LogP contribution < -0.4 is 10.2 Å². The predicted molar refractivity (Wildman–Crippen MR) is 101 cm³/mol. The molecular weight excluding hydrogens is 350 g/mol. The monoisotopic (exact) mass is 367 g/mol. The van der Waals surface area contributed by atoms with Crippen LogP contribution in [-0.4, -0.2) is 18.4 Å². The summed E-state index contributed by atoms with van der Waals surface area (Å²) in [6, 6.07) is 14.5. The van der Waals surface area contributed by atoms with E-state index in [0.29, 0.717) is 17.8 Å². The van der Waals surface area contributed by atoms with Gasteiger partial charge in [0.25, 0.3) is 0 Å². The van der Waals surface area contributed by atoms with Gasteiger partial charge in [-0.3, -0.25) is 9.59 Å². The maximum Gasteiger partial charge on any atom is 0.229 e. The number of aryl methyl sites for hydroxylation is 1. The molecule has 2 aromatic rings. The highest BCUT2D eigenvalue weighted by molar-refractivity contribution is 6.32. The van der Waals surface area contributed by atoms with Gasteiger partial charge in [-0.05, 0) is 42.3 Å². The van der Waals surface area contributed by atoms with E-state index in [-0.39, 0.29) is 23.3 Å². The second-order valence-corrected chi connectivity index (χ2v) is 6.63. The average Bonchev–Trinajstić information content (AvgIpc) is 3.04. The lowest BCUT2D eigenvalue weighted by Gasteiger charge is -2.17. The molecule has 0 aromatic heterocycles. The van der Waals surface area contributed by atoms with Gasteiger partial charge in [0.15, 0.2) is 0 Å². The Morgan fingerprint density at radius 2 is 2.04 bits per heavy atom. The number of nitrogens with one attached hydrogen (secondary N) is 1. The molecule has 3 rings (SSSR count). The SMILES string of the molecule is CCc1ccc(N2CC(C(=O)Nc3ccc(C#N)c(Cl)c3)CC2=O)cc1. The van der Waals surface area contributed by atoms with Gasteiger partial charge < -0.3 is 10.2 Å². The van der Waals surface area contributed by atoms with Gasteiger partial charge in [0.2, 0.25) is 11.8 Å². The van der Waals surface area contributed by atoms with Crippen molar-refractivity contribution in [3.8, 4) is 6.07 Å². The molecule has 5 nitrogen and oxygen atoms in total. The molecule has 0 saturated carbocycles. The molecule has 1 fully saturated rings. The van der Waals surface area contributed by atoms with Crippen molar-refractivity contribution in [1.29, 1.82) is 5.26 Å². The van der Waals surface area contributed by atoms with Crippen molar-refractivity contribution >= 4 is 34.8 Å². The van der Waals surface area contributed by atoms with Crippen LogP contribution in [0.4, 0.5) is 11.4 Å². The second kappa shape index (κ2) is 7.59. The molecule has 0 bridgehead atoms. The highest BCUT2D eigenvalue weighted by Crippen LogP contribution is 2.27. The highest BCUT2D eigenvalue weighted by atomic mass is 35.5. The van der Waals surface area contributed by atoms with Crippen LogP contribution in [-0.2, 0) is 16.0 Å². The Bertz CT molecular complexity index is 887. The maximum atomic E-state index is 12.5. The first-order valence-corrected chi connectivity index (χ1v) is 8.79. The van der Waals surface area contributed by atoms with Crippen LogP contribution in [0.25, 0.3) is 0 Å². The van der Waals surface area contributed by atoms with E-state index >= 15 is 0 Å². The minimum Gasteiger partial charge on any atom is -0.326 e. The number of hydrogen-bond acceptors (Lipinski definition) is 3. The lowest BCUT2D eigenvalue weighted by atomic mass is 10.1. The van der Waals surface area contributed by atoms with Gasteiger partial charge in [-0.2, -0.15) is 5.26 Å². The predicted octanol–water partition coefficient (Wildman–Crippen LogP) is 3.77. The van der Waals surface area contributed by atoms with Crippen molar-refractivity contribution in [3.63, 3.8) is 0 Å². The summed E-state index contributed by atoms with van der Waals surface area (Å²) in [6.45, 7) is 2.42. The van der Waals surface area contributed by atoms with Gasteiger partial charge in [0.05, 0.1) is 16.5 Å². The third-order valence-electron chi connectivity index (χ3n) is 4.51. The largest absolute Gasteiger partial charge is 0.326 e. The second-order valence-electron chi connectivity index (χ2n) is 6.22. The molecule has 2 aromatic carbocycles. The molecule has 2 amide bonds. The Kier molecular flexibility index (Phi) is 5.24. The van der Waals surface area contributed by atoms with Crippen LogP contribution in [0, 0.1) is 17.2 Å². The van der Waals surface area contributed by atoms with E-state index in [0.717, 1.165) is 12.1 Å². The minimum atomic E-state index is -0.428. The molecule has 1 aliphatic heterocycles. The molecule has 0 radical (unpaired) electrons. The fourth-order valence-corrected chi connectivity index (χ4v) is 3.19. The number of carbonyl (C=O) groups excluding carboxylic acids is 2. The van der Waals surface area contributed by atoms with Crippen molar-refractivity contribution in [3.05, 3.63) is 58.6 Å². The molecule has 132 valence electrons. The summed E-state index contributed by atoms with van der Waals surface area (Å²) in [5.41, 5.74) is 2.87. The molecule has 1 unspecified atom stereocenters. The van der Waals surface area contributed by atoms with Crippen molar-refractivity contribution < 1.29 is 9.59 Å². The third kappa shape index (κ3) is 3.71. The molecule has 1 atom stereocenters. The van der Waals surface area contributed by atoms with Crippen LogP contribution in [0.15, 0.2) is 42.5 Å². The zero-order valence-electron chi connectivity index (χ0n) is 14.3. The Hall–Kier alpha value is -2.84. The Balaban J connectivity index is 1.68. The fraction of sp³-hybridized carbons (Fsp3) is 0.250. The number of hydrogen-bond donors (Lipinski definition) is 1. The average molecular weight is 368 g/mol. The van der Waals surface area contributed by atoms with Crippen molar-refractivity contribution in [1.82, 2.24) is 0 Å². The Morgan fingerprint density at radius 3 is 2.65 bits per heavy atom.